The molecule has 19 heavy (non-hydrogen) atoms. The summed E-state index contributed by atoms with van der Waals surface area (Å²) in [5.41, 5.74) is 0. The average molecular weight is 264 g/mol. The first kappa shape index (κ1) is 14.2. The van der Waals surface area contributed by atoms with Crippen molar-refractivity contribution in [1.29, 1.82) is 0 Å². The summed E-state index contributed by atoms with van der Waals surface area (Å²) in [6, 6.07) is 7.94. The molecule has 1 fully saturated rings. The summed E-state index contributed by atoms with van der Waals surface area (Å²) in [5, 5.41) is 0. The van der Waals surface area contributed by atoms with E-state index in [2.05, 4.69) is 6.92 Å². The Hall–Kier alpha value is -1.22. The second kappa shape index (κ2) is 8.05. The van der Waals surface area contributed by atoms with E-state index < -0.39 is 0 Å². The Kier molecular flexibility index (Phi) is 6.02. The summed E-state index contributed by atoms with van der Waals surface area (Å²) in [6.45, 7) is 5.49. The van der Waals surface area contributed by atoms with Crippen LogP contribution in [0.15, 0.2) is 24.3 Å². The van der Waals surface area contributed by atoms with Crippen LogP contribution >= 0.6 is 0 Å². The van der Waals surface area contributed by atoms with Crippen LogP contribution < -0.4 is 9.47 Å². The van der Waals surface area contributed by atoms with Gasteiger partial charge in [0.25, 0.3) is 0 Å². The molecule has 0 saturated carbocycles. The van der Waals surface area contributed by atoms with E-state index in [1.54, 1.807) is 0 Å². The highest BCUT2D eigenvalue weighted by atomic mass is 16.5. The van der Waals surface area contributed by atoms with Gasteiger partial charge in [0.2, 0.25) is 0 Å². The van der Waals surface area contributed by atoms with Gasteiger partial charge in [0.05, 0.1) is 13.2 Å². The Labute approximate surface area is 115 Å². The molecular weight excluding hydrogens is 240 g/mol. The van der Waals surface area contributed by atoms with E-state index in [0.717, 1.165) is 63.6 Å². The van der Waals surface area contributed by atoms with Gasteiger partial charge < -0.3 is 14.2 Å². The third-order valence-electron chi connectivity index (χ3n) is 3.42. The van der Waals surface area contributed by atoms with Crippen LogP contribution in [-0.4, -0.2) is 26.4 Å². The molecule has 0 spiro atoms. The van der Waals surface area contributed by atoms with Gasteiger partial charge in [-0.1, -0.05) is 13.3 Å². The van der Waals surface area contributed by atoms with Gasteiger partial charge in [-0.05, 0) is 49.4 Å². The van der Waals surface area contributed by atoms with Crippen LogP contribution in [0.5, 0.6) is 11.5 Å². The molecule has 0 atom stereocenters. The summed E-state index contributed by atoms with van der Waals surface area (Å²) >= 11 is 0. The minimum atomic E-state index is 0.634. The molecule has 0 N–H and O–H groups in total. The van der Waals surface area contributed by atoms with Crippen molar-refractivity contribution in [2.45, 2.75) is 32.6 Å². The largest absolute Gasteiger partial charge is 0.494 e. The van der Waals surface area contributed by atoms with Gasteiger partial charge in [0.15, 0.2) is 0 Å². The zero-order valence-corrected chi connectivity index (χ0v) is 11.8. The number of rotatable bonds is 7. The molecule has 3 nitrogen and oxygen atoms in total. The van der Waals surface area contributed by atoms with Crippen molar-refractivity contribution in [2.24, 2.45) is 5.92 Å². The van der Waals surface area contributed by atoms with Crippen LogP contribution in [0.3, 0.4) is 0 Å². The van der Waals surface area contributed by atoms with Crippen molar-refractivity contribution >= 4 is 0 Å². The maximum Gasteiger partial charge on any atom is 0.119 e. The van der Waals surface area contributed by atoms with Crippen molar-refractivity contribution in [3.05, 3.63) is 24.3 Å². The highest BCUT2D eigenvalue weighted by Crippen LogP contribution is 2.20. The normalized spacial score (nSPS) is 16.3. The Morgan fingerprint density at radius 3 is 2.32 bits per heavy atom. The fourth-order valence-electron chi connectivity index (χ4n) is 2.09. The van der Waals surface area contributed by atoms with E-state index in [1.165, 1.54) is 0 Å². The molecular formula is C16H24O3. The summed E-state index contributed by atoms with van der Waals surface area (Å²) in [7, 11) is 0. The number of hydrogen-bond donors (Lipinski definition) is 0. The number of ether oxygens (including phenoxy) is 3. The van der Waals surface area contributed by atoms with Crippen molar-refractivity contribution in [1.82, 2.24) is 0 Å². The molecule has 0 radical (unpaired) electrons. The van der Waals surface area contributed by atoms with E-state index in [-0.39, 0.29) is 0 Å². The van der Waals surface area contributed by atoms with Gasteiger partial charge in [0.1, 0.15) is 11.5 Å². The Morgan fingerprint density at radius 1 is 1.05 bits per heavy atom. The summed E-state index contributed by atoms with van der Waals surface area (Å²) in [5.74, 6) is 2.48. The summed E-state index contributed by atoms with van der Waals surface area (Å²) < 4.78 is 16.8. The van der Waals surface area contributed by atoms with E-state index >= 15 is 0 Å². The fraction of sp³-hybridized carbons (Fsp3) is 0.625. The SMILES string of the molecule is CCCCOc1ccc(OCC2CCOCC2)cc1. The topological polar surface area (TPSA) is 27.7 Å². The zero-order chi connectivity index (χ0) is 13.3. The molecule has 1 aromatic rings. The second-order valence-electron chi connectivity index (χ2n) is 5.04. The van der Waals surface area contributed by atoms with Gasteiger partial charge in [0, 0.05) is 13.2 Å². The third kappa shape index (κ3) is 5.11. The van der Waals surface area contributed by atoms with E-state index in [1.807, 2.05) is 24.3 Å². The van der Waals surface area contributed by atoms with Crippen molar-refractivity contribution in [3.8, 4) is 11.5 Å². The smallest absolute Gasteiger partial charge is 0.119 e. The Morgan fingerprint density at radius 2 is 1.68 bits per heavy atom. The molecule has 1 aliphatic heterocycles. The molecule has 0 bridgehead atoms. The first-order valence-corrected chi connectivity index (χ1v) is 7.32. The highest BCUT2D eigenvalue weighted by molar-refractivity contribution is 5.31. The standard InChI is InChI=1S/C16H24O3/c1-2-3-10-18-15-4-6-16(7-5-15)19-13-14-8-11-17-12-9-14/h4-7,14H,2-3,8-13H2,1H3. The maximum atomic E-state index is 5.81. The van der Waals surface area contributed by atoms with E-state index in [4.69, 9.17) is 14.2 Å². The van der Waals surface area contributed by atoms with Gasteiger partial charge in [-0.2, -0.15) is 0 Å². The number of hydrogen-bond acceptors (Lipinski definition) is 3. The number of unbranched alkanes of at least 4 members (excludes halogenated alkanes) is 1. The Balaban J connectivity index is 1.71. The predicted octanol–water partition coefficient (Wildman–Crippen LogP) is 3.67. The van der Waals surface area contributed by atoms with Gasteiger partial charge in [-0.25, -0.2) is 0 Å². The lowest BCUT2D eigenvalue weighted by Crippen LogP contribution is -2.21. The van der Waals surface area contributed by atoms with Crippen molar-refractivity contribution < 1.29 is 14.2 Å². The average Bonchev–Trinajstić information content (AvgIpc) is 2.48. The molecule has 1 aromatic carbocycles. The molecule has 3 heteroatoms. The third-order valence-corrected chi connectivity index (χ3v) is 3.42. The molecule has 0 aliphatic carbocycles. The lowest BCUT2D eigenvalue weighted by atomic mass is 10.0. The lowest BCUT2D eigenvalue weighted by molar-refractivity contribution is 0.0497. The van der Waals surface area contributed by atoms with Crippen molar-refractivity contribution in [2.75, 3.05) is 26.4 Å². The van der Waals surface area contributed by atoms with Gasteiger partial charge >= 0.3 is 0 Å². The monoisotopic (exact) mass is 264 g/mol. The van der Waals surface area contributed by atoms with Crippen LogP contribution in [0.4, 0.5) is 0 Å². The van der Waals surface area contributed by atoms with Crippen LogP contribution in [-0.2, 0) is 4.74 Å². The minimum Gasteiger partial charge on any atom is -0.494 e. The van der Waals surface area contributed by atoms with Crippen LogP contribution in [0, 0.1) is 5.92 Å². The van der Waals surface area contributed by atoms with Crippen LogP contribution in [0.25, 0.3) is 0 Å². The van der Waals surface area contributed by atoms with Crippen LogP contribution in [0.1, 0.15) is 32.6 Å². The highest BCUT2D eigenvalue weighted by Gasteiger charge is 2.14. The molecule has 106 valence electrons. The predicted molar refractivity (Wildman–Crippen MR) is 75.9 cm³/mol. The minimum absolute atomic E-state index is 0.634. The van der Waals surface area contributed by atoms with Crippen LogP contribution in [0.2, 0.25) is 0 Å². The number of benzene rings is 1. The van der Waals surface area contributed by atoms with E-state index in [9.17, 15) is 0 Å². The Bertz CT molecular complexity index is 342. The quantitative estimate of drug-likeness (QED) is 0.703. The zero-order valence-electron chi connectivity index (χ0n) is 11.8. The first-order valence-electron chi connectivity index (χ1n) is 7.32. The summed E-state index contributed by atoms with van der Waals surface area (Å²) in [4.78, 5) is 0. The molecule has 1 heterocycles. The summed E-state index contributed by atoms with van der Waals surface area (Å²) in [6.07, 6.45) is 4.48. The fourth-order valence-corrected chi connectivity index (χ4v) is 2.09. The lowest BCUT2D eigenvalue weighted by Gasteiger charge is -2.22. The molecule has 0 aromatic heterocycles. The molecule has 0 amide bonds. The second-order valence-corrected chi connectivity index (χ2v) is 5.04. The van der Waals surface area contributed by atoms with Gasteiger partial charge in [-0.3, -0.25) is 0 Å². The molecule has 1 aliphatic rings. The maximum absolute atomic E-state index is 5.81. The molecule has 1 saturated heterocycles. The molecule has 2 rings (SSSR count). The van der Waals surface area contributed by atoms with Crippen molar-refractivity contribution in [3.63, 3.8) is 0 Å². The van der Waals surface area contributed by atoms with Gasteiger partial charge in [-0.15, -0.1) is 0 Å². The molecule has 0 unspecified atom stereocenters. The first-order chi connectivity index (χ1) is 9.38. The van der Waals surface area contributed by atoms with E-state index in [0.29, 0.717) is 5.92 Å².